The van der Waals surface area contributed by atoms with Gasteiger partial charge in [0, 0.05) is 24.1 Å². The monoisotopic (exact) mass is 252 g/mol. The van der Waals surface area contributed by atoms with E-state index in [0.717, 1.165) is 36.4 Å². The average molecular weight is 253 g/mol. The first-order chi connectivity index (χ1) is 8.19. The number of hydrogen-bond donors (Lipinski definition) is 1. The summed E-state index contributed by atoms with van der Waals surface area (Å²) in [5.41, 5.74) is 1.97. The summed E-state index contributed by atoms with van der Waals surface area (Å²) in [6.45, 7) is 2.79. The SMILES string of the molecule is COc1cc(Cl)c(C)cc1NCCCCC#N. The third-order valence-corrected chi connectivity index (χ3v) is 2.92. The molecule has 0 bridgehead atoms. The van der Waals surface area contributed by atoms with Gasteiger partial charge in [-0.1, -0.05) is 11.6 Å². The smallest absolute Gasteiger partial charge is 0.143 e. The van der Waals surface area contributed by atoms with E-state index < -0.39 is 0 Å². The van der Waals surface area contributed by atoms with E-state index in [-0.39, 0.29) is 0 Å². The number of rotatable bonds is 6. The van der Waals surface area contributed by atoms with Crippen molar-refractivity contribution in [1.29, 1.82) is 5.26 Å². The van der Waals surface area contributed by atoms with Gasteiger partial charge in [0.15, 0.2) is 0 Å². The number of methoxy groups -OCH3 is 1. The van der Waals surface area contributed by atoms with Crippen molar-refractivity contribution >= 4 is 17.3 Å². The van der Waals surface area contributed by atoms with Gasteiger partial charge in [-0.05, 0) is 31.4 Å². The Labute approximate surface area is 107 Å². The fourth-order valence-electron chi connectivity index (χ4n) is 1.52. The summed E-state index contributed by atoms with van der Waals surface area (Å²) < 4.78 is 5.26. The van der Waals surface area contributed by atoms with Crippen LogP contribution in [-0.2, 0) is 0 Å². The maximum atomic E-state index is 8.43. The van der Waals surface area contributed by atoms with Crippen LogP contribution in [0.25, 0.3) is 0 Å². The lowest BCUT2D eigenvalue weighted by molar-refractivity contribution is 0.416. The maximum absolute atomic E-state index is 8.43. The Bertz CT molecular complexity index is 413. The second-order valence-corrected chi connectivity index (χ2v) is 4.25. The molecule has 0 radical (unpaired) electrons. The van der Waals surface area contributed by atoms with Crippen LogP contribution < -0.4 is 10.1 Å². The number of nitrogens with one attached hydrogen (secondary N) is 1. The number of unbranched alkanes of at least 4 members (excludes halogenated alkanes) is 2. The Balaban J connectivity index is 2.58. The first-order valence-electron chi connectivity index (χ1n) is 5.64. The van der Waals surface area contributed by atoms with Gasteiger partial charge in [0.2, 0.25) is 0 Å². The van der Waals surface area contributed by atoms with Crippen LogP contribution in [0.5, 0.6) is 5.75 Å². The Kier molecular flexibility index (Phi) is 5.65. The molecule has 0 amide bonds. The van der Waals surface area contributed by atoms with Gasteiger partial charge in [0.05, 0.1) is 18.9 Å². The number of aryl methyl sites for hydroxylation is 1. The maximum Gasteiger partial charge on any atom is 0.143 e. The molecular weight excluding hydrogens is 236 g/mol. The van der Waals surface area contributed by atoms with Gasteiger partial charge in [-0.3, -0.25) is 0 Å². The molecule has 0 atom stereocenters. The molecule has 4 heteroatoms. The molecule has 3 nitrogen and oxygen atoms in total. The van der Waals surface area contributed by atoms with Gasteiger partial charge in [0.1, 0.15) is 5.75 Å². The topological polar surface area (TPSA) is 45.0 Å². The van der Waals surface area contributed by atoms with Crippen LogP contribution in [-0.4, -0.2) is 13.7 Å². The van der Waals surface area contributed by atoms with Gasteiger partial charge >= 0.3 is 0 Å². The molecule has 0 saturated heterocycles. The minimum Gasteiger partial charge on any atom is -0.495 e. The minimum atomic E-state index is 0.610. The van der Waals surface area contributed by atoms with Crippen molar-refractivity contribution in [2.45, 2.75) is 26.2 Å². The standard InChI is InChI=1S/C13H17ClN2O/c1-10-8-12(13(17-2)9-11(10)14)16-7-5-3-4-6-15/h8-9,16H,3-5,7H2,1-2H3. The Hall–Kier alpha value is -1.40. The Morgan fingerprint density at radius 1 is 1.41 bits per heavy atom. The lowest BCUT2D eigenvalue weighted by Crippen LogP contribution is -2.03. The Morgan fingerprint density at radius 3 is 2.82 bits per heavy atom. The Morgan fingerprint density at radius 2 is 2.18 bits per heavy atom. The van der Waals surface area contributed by atoms with E-state index in [9.17, 15) is 0 Å². The summed E-state index contributed by atoms with van der Waals surface area (Å²) in [4.78, 5) is 0. The number of nitriles is 1. The van der Waals surface area contributed by atoms with E-state index in [1.165, 1.54) is 0 Å². The van der Waals surface area contributed by atoms with E-state index >= 15 is 0 Å². The molecule has 92 valence electrons. The highest BCUT2D eigenvalue weighted by molar-refractivity contribution is 6.31. The molecule has 0 fully saturated rings. The van der Waals surface area contributed by atoms with E-state index in [1.54, 1.807) is 7.11 Å². The molecular formula is C13H17ClN2O. The molecule has 1 rings (SSSR count). The highest BCUT2D eigenvalue weighted by Gasteiger charge is 2.06. The summed E-state index contributed by atoms with van der Waals surface area (Å²) in [7, 11) is 1.63. The number of benzene rings is 1. The largest absolute Gasteiger partial charge is 0.495 e. The van der Waals surface area contributed by atoms with Crippen molar-refractivity contribution in [2.75, 3.05) is 19.0 Å². The van der Waals surface area contributed by atoms with Crippen LogP contribution in [0.3, 0.4) is 0 Å². The number of ether oxygens (including phenoxy) is 1. The summed E-state index contributed by atoms with van der Waals surface area (Å²) in [6, 6.07) is 5.93. The van der Waals surface area contributed by atoms with Crippen molar-refractivity contribution < 1.29 is 4.74 Å². The highest BCUT2D eigenvalue weighted by Crippen LogP contribution is 2.30. The molecule has 1 N–H and O–H groups in total. The fourth-order valence-corrected chi connectivity index (χ4v) is 1.68. The van der Waals surface area contributed by atoms with Gasteiger partial charge < -0.3 is 10.1 Å². The zero-order chi connectivity index (χ0) is 12.7. The predicted octanol–water partition coefficient (Wildman–Crippen LogP) is 3.76. The fraction of sp³-hybridized carbons (Fsp3) is 0.462. The summed E-state index contributed by atoms with van der Waals surface area (Å²) in [5.74, 6) is 0.751. The number of hydrogen-bond acceptors (Lipinski definition) is 3. The second kappa shape index (κ2) is 7.03. The van der Waals surface area contributed by atoms with Crippen molar-refractivity contribution in [3.8, 4) is 11.8 Å². The summed E-state index contributed by atoms with van der Waals surface area (Å²) in [6.07, 6.45) is 2.50. The van der Waals surface area contributed by atoms with E-state index in [0.29, 0.717) is 11.4 Å². The third-order valence-electron chi connectivity index (χ3n) is 2.51. The van der Waals surface area contributed by atoms with Crippen molar-refractivity contribution in [1.82, 2.24) is 0 Å². The quantitative estimate of drug-likeness (QED) is 0.784. The van der Waals surface area contributed by atoms with Gasteiger partial charge in [-0.15, -0.1) is 0 Å². The molecule has 1 aromatic carbocycles. The predicted molar refractivity (Wildman–Crippen MR) is 70.7 cm³/mol. The number of nitrogens with zero attached hydrogens (tertiary/aromatic N) is 1. The van der Waals surface area contributed by atoms with Crippen LogP contribution in [0.15, 0.2) is 12.1 Å². The molecule has 0 spiro atoms. The highest BCUT2D eigenvalue weighted by atomic mass is 35.5. The van der Waals surface area contributed by atoms with Crippen LogP contribution in [0, 0.1) is 18.3 Å². The summed E-state index contributed by atoms with van der Waals surface area (Å²) >= 11 is 6.02. The number of halogens is 1. The molecule has 0 aliphatic heterocycles. The average Bonchev–Trinajstić information content (AvgIpc) is 2.33. The number of anilines is 1. The molecule has 0 unspecified atom stereocenters. The zero-order valence-electron chi connectivity index (χ0n) is 10.2. The molecule has 17 heavy (non-hydrogen) atoms. The third kappa shape index (κ3) is 4.16. The zero-order valence-corrected chi connectivity index (χ0v) is 11.0. The molecule has 0 heterocycles. The first-order valence-corrected chi connectivity index (χ1v) is 6.01. The normalized spacial score (nSPS) is 9.76. The van der Waals surface area contributed by atoms with Gasteiger partial charge in [-0.2, -0.15) is 5.26 Å². The minimum absolute atomic E-state index is 0.610. The first kappa shape index (κ1) is 13.7. The second-order valence-electron chi connectivity index (χ2n) is 3.84. The van der Waals surface area contributed by atoms with Crippen molar-refractivity contribution in [3.05, 3.63) is 22.7 Å². The van der Waals surface area contributed by atoms with Crippen molar-refractivity contribution in [2.24, 2.45) is 0 Å². The van der Waals surface area contributed by atoms with Gasteiger partial charge in [0.25, 0.3) is 0 Å². The summed E-state index contributed by atoms with van der Waals surface area (Å²) in [5, 5.41) is 12.4. The molecule has 1 aromatic rings. The van der Waals surface area contributed by atoms with E-state index in [4.69, 9.17) is 21.6 Å². The van der Waals surface area contributed by atoms with Crippen molar-refractivity contribution in [3.63, 3.8) is 0 Å². The lowest BCUT2D eigenvalue weighted by atomic mass is 10.2. The molecule has 0 aliphatic carbocycles. The van der Waals surface area contributed by atoms with Gasteiger partial charge in [-0.25, -0.2) is 0 Å². The molecule has 0 aliphatic rings. The van der Waals surface area contributed by atoms with E-state index in [2.05, 4.69) is 11.4 Å². The van der Waals surface area contributed by atoms with E-state index in [1.807, 2.05) is 19.1 Å². The molecule has 0 aromatic heterocycles. The lowest BCUT2D eigenvalue weighted by Gasteiger charge is -2.12. The molecule has 0 saturated carbocycles. The van der Waals surface area contributed by atoms with Crippen LogP contribution in [0.4, 0.5) is 5.69 Å². The van der Waals surface area contributed by atoms with Crippen LogP contribution in [0.1, 0.15) is 24.8 Å². The van der Waals surface area contributed by atoms with Crippen LogP contribution in [0.2, 0.25) is 5.02 Å². The van der Waals surface area contributed by atoms with Crippen LogP contribution >= 0.6 is 11.6 Å².